The summed E-state index contributed by atoms with van der Waals surface area (Å²) in [7, 11) is 0. The summed E-state index contributed by atoms with van der Waals surface area (Å²) in [5.74, 6) is 0. The number of rotatable bonds is 2. The van der Waals surface area contributed by atoms with E-state index in [0.717, 1.165) is 33.3 Å². The summed E-state index contributed by atoms with van der Waals surface area (Å²) < 4.78 is 6.42. The first-order chi connectivity index (χ1) is 17.8. The van der Waals surface area contributed by atoms with Crippen LogP contribution in [-0.4, -0.2) is 0 Å². The van der Waals surface area contributed by atoms with E-state index in [0.29, 0.717) is 0 Å². The average Bonchev–Trinajstić information content (AvgIpc) is 3.30. The molecule has 1 heterocycles. The molecule has 7 aromatic carbocycles. The van der Waals surface area contributed by atoms with E-state index in [-0.39, 0.29) is 0 Å². The maximum Gasteiger partial charge on any atom is 0.158 e. The number of fused-ring (bicyclic) bond motifs is 10. The molecule has 0 radical (unpaired) electrons. The summed E-state index contributed by atoms with van der Waals surface area (Å²) in [5, 5.41) is 16.0. The minimum absolute atomic E-state index is 0.881. The van der Waals surface area contributed by atoms with Crippen LogP contribution in [0.5, 0.6) is 0 Å². The lowest BCUT2D eigenvalue weighted by atomic mass is 9.94. The van der Waals surface area contributed by atoms with E-state index < -0.39 is 0 Å². The molecular formula is C34H21NO. The molecule has 36 heavy (non-hydrogen) atoms. The van der Waals surface area contributed by atoms with Gasteiger partial charge < -0.3 is 9.73 Å². The lowest BCUT2D eigenvalue weighted by Crippen LogP contribution is -1.91. The molecular weight excluding hydrogens is 438 g/mol. The van der Waals surface area contributed by atoms with Gasteiger partial charge in [0.2, 0.25) is 0 Å². The molecule has 0 unspecified atom stereocenters. The normalized spacial score (nSPS) is 11.9. The van der Waals surface area contributed by atoms with Crippen molar-refractivity contribution in [2.75, 3.05) is 5.32 Å². The van der Waals surface area contributed by atoms with Crippen molar-refractivity contribution in [1.29, 1.82) is 0 Å². The first kappa shape index (κ1) is 19.5. The molecule has 0 aliphatic carbocycles. The zero-order valence-corrected chi connectivity index (χ0v) is 19.5. The Kier molecular flexibility index (Phi) is 3.97. The van der Waals surface area contributed by atoms with Gasteiger partial charge in [0.05, 0.1) is 5.69 Å². The first-order valence-corrected chi connectivity index (χ1v) is 12.3. The summed E-state index contributed by atoms with van der Waals surface area (Å²) in [6.07, 6.45) is 0. The molecule has 168 valence electrons. The summed E-state index contributed by atoms with van der Waals surface area (Å²) in [6.45, 7) is 0. The number of hydrogen-bond acceptors (Lipinski definition) is 2. The number of nitrogens with one attached hydrogen (secondary N) is 1. The summed E-state index contributed by atoms with van der Waals surface area (Å²) >= 11 is 0. The third-order valence-electron chi connectivity index (χ3n) is 7.39. The van der Waals surface area contributed by atoms with Crippen LogP contribution in [-0.2, 0) is 0 Å². The SMILES string of the molecule is c1ccc2cc3c(cc2c1)oc1c(Nc2ccc4c5ccccc5c5ccccc5c4c2)cccc13. The Hall–Kier alpha value is -4.82. The minimum atomic E-state index is 0.881. The van der Waals surface area contributed by atoms with E-state index in [1.807, 2.05) is 0 Å². The van der Waals surface area contributed by atoms with Gasteiger partial charge in [0.1, 0.15) is 5.58 Å². The highest BCUT2D eigenvalue weighted by atomic mass is 16.3. The third-order valence-corrected chi connectivity index (χ3v) is 7.39. The molecule has 0 saturated carbocycles. The largest absolute Gasteiger partial charge is 0.454 e. The van der Waals surface area contributed by atoms with Gasteiger partial charge in [-0.1, -0.05) is 91.0 Å². The second-order valence-electron chi connectivity index (χ2n) is 9.46. The van der Waals surface area contributed by atoms with Crippen LogP contribution in [0.4, 0.5) is 11.4 Å². The number of para-hydroxylation sites is 1. The van der Waals surface area contributed by atoms with Crippen molar-refractivity contribution in [2.45, 2.75) is 0 Å². The molecule has 0 bridgehead atoms. The van der Waals surface area contributed by atoms with Crippen molar-refractivity contribution in [1.82, 2.24) is 0 Å². The molecule has 0 spiro atoms. The topological polar surface area (TPSA) is 25.2 Å². The van der Waals surface area contributed by atoms with Crippen molar-refractivity contribution < 1.29 is 4.42 Å². The van der Waals surface area contributed by atoms with Crippen LogP contribution in [0.25, 0.3) is 65.0 Å². The van der Waals surface area contributed by atoms with E-state index in [2.05, 4.69) is 127 Å². The smallest absolute Gasteiger partial charge is 0.158 e. The van der Waals surface area contributed by atoms with E-state index >= 15 is 0 Å². The number of benzene rings is 7. The van der Waals surface area contributed by atoms with Gasteiger partial charge >= 0.3 is 0 Å². The average molecular weight is 460 g/mol. The Morgan fingerprint density at radius 2 is 1.00 bits per heavy atom. The monoisotopic (exact) mass is 459 g/mol. The Morgan fingerprint density at radius 1 is 0.417 bits per heavy atom. The van der Waals surface area contributed by atoms with E-state index in [4.69, 9.17) is 4.42 Å². The zero-order chi connectivity index (χ0) is 23.6. The van der Waals surface area contributed by atoms with Gasteiger partial charge in [-0.25, -0.2) is 0 Å². The Bertz CT molecular complexity index is 2100. The van der Waals surface area contributed by atoms with E-state index in [1.165, 1.54) is 43.1 Å². The minimum Gasteiger partial charge on any atom is -0.454 e. The maximum absolute atomic E-state index is 6.42. The second-order valence-corrected chi connectivity index (χ2v) is 9.46. The first-order valence-electron chi connectivity index (χ1n) is 12.3. The third kappa shape index (κ3) is 2.79. The highest BCUT2D eigenvalue weighted by molar-refractivity contribution is 6.25. The molecule has 2 heteroatoms. The molecule has 2 nitrogen and oxygen atoms in total. The number of furan rings is 1. The van der Waals surface area contributed by atoms with Crippen LogP contribution in [0, 0.1) is 0 Å². The second kappa shape index (κ2) is 7.34. The fraction of sp³-hybridized carbons (Fsp3) is 0. The summed E-state index contributed by atoms with van der Waals surface area (Å²) in [6, 6.07) is 43.1. The van der Waals surface area contributed by atoms with Crippen LogP contribution in [0.1, 0.15) is 0 Å². The predicted molar refractivity (Wildman–Crippen MR) is 153 cm³/mol. The Balaban J connectivity index is 1.33. The molecule has 1 aromatic heterocycles. The van der Waals surface area contributed by atoms with Crippen LogP contribution in [0.15, 0.2) is 126 Å². The summed E-state index contributed by atoms with van der Waals surface area (Å²) in [4.78, 5) is 0. The van der Waals surface area contributed by atoms with E-state index in [1.54, 1.807) is 0 Å². The van der Waals surface area contributed by atoms with Crippen LogP contribution in [0.3, 0.4) is 0 Å². The Labute approximate surface area is 207 Å². The fourth-order valence-corrected chi connectivity index (χ4v) is 5.72. The van der Waals surface area contributed by atoms with Gasteiger partial charge in [-0.05, 0) is 73.4 Å². The highest BCUT2D eigenvalue weighted by Crippen LogP contribution is 2.39. The van der Waals surface area contributed by atoms with Gasteiger partial charge in [0.15, 0.2) is 5.58 Å². The molecule has 0 amide bonds. The van der Waals surface area contributed by atoms with Crippen molar-refractivity contribution in [3.05, 3.63) is 121 Å². The van der Waals surface area contributed by atoms with Gasteiger partial charge in [0, 0.05) is 16.5 Å². The Morgan fingerprint density at radius 3 is 1.72 bits per heavy atom. The lowest BCUT2D eigenvalue weighted by Gasteiger charge is -2.13. The van der Waals surface area contributed by atoms with Crippen LogP contribution < -0.4 is 5.32 Å². The molecule has 0 aliphatic heterocycles. The molecule has 0 fully saturated rings. The van der Waals surface area contributed by atoms with Crippen LogP contribution >= 0.6 is 0 Å². The highest BCUT2D eigenvalue weighted by Gasteiger charge is 2.13. The van der Waals surface area contributed by atoms with E-state index in [9.17, 15) is 0 Å². The van der Waals surface area contributed by atoms with Gasteiger partial charge in [-0.15, -0.1) is 0 Å². The molecule has 8 rings (SSSR count). The molecule has 0 atom stereocenters. The molecule has 8 aromatic rings. The van der Waals surface area contributed by atoms with Crippen molar-refractivity contribution in [3.63, 3.8) is 0 Å². The lowest BCUT2D eigenvalue weighted by molar-refractivity contribution is 0.670. The number of anilines is 2. The van der Waals surface area contributed by atoms with Gasteiger partial charge in [0.25, 0.3) is 0 Å². The van der Waals surface area contributed by atoms with Gasteiger partial charge in [-0.3, -0.25) is 0 Å². The van der Waals surface area contributed by atoms with Crippen molar-refractivity contribution in [3.8, 4) is 0 Å². The summed E-state index contributed by atoms with van der Waals surface area (Å²) in [5.41, 5.74) is 3.80. The predicted octanol–water partition coefficient (Wildman–Crippen LogP) is 9.94. The maximum atomic E-state index is 6.42. The van der Waals surface area contributed by atoms with Crippen molar-refractivity contribution in [2.24, 2.45) is 0 Å². The molecule has 1 N–H and O–H groups in total. The fourth-order valence-electron chi connectivity index (χ4n) is 5.72. The number of hydrogen-bond donors (Lipinski definition) is 1. The quantitative estimate of drug-likeness (QED) is 0.260. The molecule has 0 saturated heterocycles. The molecule has 0 aliphatic rings. The van der Waals surface area contributed by atoms with Gasteiger partial charge in [-0.2, -0.15) is 0 Å². The van der Waals surface area contributed by atoms with Crippen molar-refractivity contribution >= 4 is 76.4 Å². The standard InChI is InChI=1S/C34H21NO/c1-2-9-22-19-33-31(18-21(22)8-1)29-14-7-15-32(34(29)36-33)35-23-16-17-28-26-12-4-3-10-24(26)25-11-5-6-13-27(25)30(28)20-23/h1-20,35H. The zero-order valence-electron chi connectivity index (χ0n) is 19.5. The van der Waals surface area contributed by atoms with Crippen LogP contribution in [0.2, 0.25) is 0 Å².